The van der Waals surface area contributed by atoms with Crippen molar-refractivity contribution in [2.45, 2.75) is 12.1 Å². The third kappa shape index (κ3) is 3.39. The van der Waals surface area contributed by atoms with Crippen molar-refractivity contribution < 1.29 is 13.9 Å². The second kappa shape index (κ2) is 6.95. The number of halogens is 1. The average Bonchev–Trinajstić information content (AvgIpc) is 2.49. The molecule has 6 heteroatoms. The van der Waals surface area contributed by atoms with Gasteiger partial charge in [0.2, 0.25) is 5.91 Å². The molecule has 1 aromatic carbocycles. The Bertz CT molecular complexity index is 555. The smallest absolute Gasteiger partial charge is 0.244 e. The van der Waals surface area contributed by atoms with Crippen LogP contribution in [0.2, 0.25) is 0 Å². The van der Waals surface area contributed by atoms with Gasteiger partial charge in [0.1, 0.15) is 11.9 Å². The predicted octanol–water partition coefficient (Wildman–Crippen LogP) is 0.971. The number of ether oxygens (including phenoxy) is 1. The van der Waals surface area contributed by atoms with E-state index in [2.05, 4.69) is 4.90 Å². The highest BCUT2D eigenvalue weighted by Gasteiger charge is 2.39. The van der Waals surface area contributed by atoms with Gasteiger partial charge in [-0.05, 0) is 20.2 Å². The van der Waals surface area contributed by atoms with Gasteiger partial charge in [-0.3, -0.25) is 14.6 Å². The minimum Gasteiger partial charge on any atom is -0.379 e. The van der Waals surface area contributed by atoms with Crippen LogP contribution in [0.5, 0.6) is 0 Å². The maximum absolute atomic E-state index is 14.1. The summed E-state index contributed by atoms with van der Waals surface area (Å²) in [5.74, 6) is -0.352. The van der Waals surface area contributed by atoms with Crippen LogP contribution < -0.4 is 0 Å². The van der Waals surface area contributed by atoms with E-state index in [-0.39, 0.29) is 11.7 Å². The number of benzene rings is 1. The number of morpholine rings is 1. The first-order valence-electron chi connectivity index (χ1n) is 8.09. The van der Waals surface area contributed by atoms with Crippen LogP contribution in [-0.2, 0) is 9.53 Å². The highest BCUT2D eigenvalue weighted by molar-refractivity contribution is 5.84. The Balaban J connectivity index is 1.65. The Labute approximate surface area is 136 Å². The molecule has 2 aliphatic rings. The minimum atomic E-state index is -0.568. The average molecular weight is 321 g/mol. The molecular weight excluding hydrogens is 297 g/mol. The second-order valence-electron chi connectivity index (χ2n) is 6.43. The van der Waals surface area contributed by atoms with E-state index >= 15 is 0 Å². The quantitative estimate of drug-likeness (QED) is 0.828. The first kappa shape index (κ1) is 16.4. The van der Waals surface area contributed by atoms with Crippen molar-refractivity contribution in [3.05, 3.63) is 35.6 Å². The molecular formula is C17H24FN3O2. The molecule has 0 radical (unpaired) electrons. The molecule has 0 aliphatic carbocycles. The van der Waals surface area contributed by atoms with E-state index in [1.807, 2.05) is 19.0 Å². The molecule has 0 spiro atoms. The highest BCUT2D eigenvalue weighted by Crippen LogP contribution is 2.27. The summed E-state index contributed by atoms with van der Waals surface area (Å²) in [5.41, 5.74) is 0.442. The van der Waals surface area contributed by atoms with Gasteiger partial charge < -0.3 is 9.64 Å². The molecule has 23 heavy (non-hydrogen) atoms. The van der Waals surface area contributed by atoms with Gasteiger partial charge in [-0.1, -0.05) is 18.2 Å². The Morgan fingerprint density at radius 3 is 2.52 bits per heavy atom. The van der Waals surface area contributed by atoms with Gasteiger partial charge in [-0.2, -0.15) is 0 Å². The minimum absolute atomic E-state index is 0.0235. The maximum atomic E-state index is 14.1. The molecule has 126 valence electrons. The zero-order chi connectivity index (χ0) is 16.4. The maximum Gasteiger partial charge on any atom is 0.244 e. The van der Waals surface area contributed by atoms with Crippen molar-refractivity contribution in [3.8, 4) is 0 Å². The molecule has 5 nitrogen and oxygen atoms in total. The summed E-state index contributed by atoms with van der Waals surface area (Å²) in [6.07, 6.45) is 0. The van der Waals surface area contributed by atoms with Gasteiger partial charge in [-0.25, -0.2) is 4.39 Å². The van der Waals surface area contributed by atoms with Crippen LogP contribution in [-0.4, -0.2) is 80.1 Å². The van der Waals surface area contributed by atoms with Gasteiger partial charge >= 0.3 is 0 Å². The van der Waals surface area contributed by atoms with E-state index < -0.39 is 6.04 Å². The Morgan fingerprint density at radius 1 is 1.26 bits per heavy atom. The fourth-order valence-electron chi connectivity index (χ4n) is 3.31. The summed E-state index contributed by atoms with van der Waals surface area (Å²) in [6, 6.07) is 6.36. The molecule has 1 atom stereocenters. The van der Waals surface area contributed by atoms with Gasteiger partial charge in [0.05, 0.1) is 13.2 Å². The molecule has 0 N–H and O–H groups in total. The van der Waals surface area contributed by atoms with Crippen LogP contribution >= 0.6 is 0 Å². The fourth-order valence-corrected chi connectivity index (χ4v) is 3.31. The molecule has 1 amide bonds. The van der Waals surface area contributed by atoms with Gasteiger partial charge in [-0.15, -0.1) is 0 Å². The normalized spacial score (nSPS) is 21.3. The summed E-state index contributed by atoms with van der Waals surface area (Å²) >= 11 is 0. The second-order valence-corrected chi connectivity index (χ2v) is 6.43. The summed E-state index contributed by atoms with van der Waals surface area (Å²) in [4.78, 5) is 18.8. The van der Waals surface area contributed by atoms with Crippen LogP contribution in [0.1, 0.15) is 11.6 Å². The van der Waals surface area contributed by atoms with Crippen LogP contribution in [0.3, 0.4) is 0 Å². The molecule has 1 aromatic rings. The Hall–Kier alpha value is -1.50. The van der Waals surface area contributed by atoms with Crippen LogP contribution in [0.15, 0.2) is 24.3 Å². The monoisotopic (exact) mass is 321 g/mol. The number of hydrogen-bond acceptors (Lipinski definition) is 4. The number of carbonyl (C=O) groups is 1. The zero-order valence-corrected chi connectivity index (χ0v) is 13.7. The van der Waals surface area contributed by atoms with Crippen molar-refractivity contribution >= 4 is 5.91 Å². The van der Waals surface area contributed by atoms with Gasteiger partial charge in [0.15, 0.2) is 0 Å². The summed E-state index contributed by atoms with van der Waals surface area (Å²) in [7, 11) is 3.63. The topological polar surface area (TPSA) is 36.0 Å². The molecule has 2 fully saturated rings. The molecule has 0 aromatic heterocycles. The molecule has 0 saturated carbocycles. The number of rotatable bonds is 4. The predicted molar refractivity (Wildman–Crippen MR) is 85.6 cm³/mol. The molecule has 0 unspecified atom stereocenters. The van der Waals surface area contributed by atoms with Gasteiger partial charge in [0, 0.05) is 37.8 Å². The lowest BCUT2D eigenvalue weighted by Gasteiger charge is -2.47. The number of nitrogens with zero attached hydrogens (tertiary/aromatic N) is 3. The SMILES string of the molecule is CN(C)[C@H](C(=O)N1CC(N2CCOCC2)C1)c1ccccc1F. The zero-order valence-electron chi connectivity index (χ0n) is 13.7. The number of likely N-dealkylation sites (tertiary alicyclic amines) is 1. The number of amides is 1. The van der Waals surface area contributed by atoms with Crippen LogP contribution in [0, 0.1) is 5.82 Å². The summed E-state index contributed by atoms with van der Waals surface area (Å²) in [6.45, 7) is 4.82. The van der Waals surface area contributed by atoms with Crippen molar-refractivity contribution in [3.63, 3.8) is 0 Å². The number of hydrogen-bond donors (Lipinski definition) is 0. The molecule has 2 saturated heterocycles. The Kier molecular flexibility index (Phi) is 4.94. The van der Waals surface area contributed by atoms with Crippen molar-refractivity contribution in [1.29, 1.82) is 0 Å². The lowest BCUT2D eigenvalue weighted by atomic mass is 9.99. The highest BCUT2D eigenvalue weighted by atomic mass is 19.1. The van der Waals surface area contributed by atoms with Crippen molar-refractivity contribution in [1.82, 2.24) is 14.7 Å². The van der Waals surface area contributed by atoms with Gasteiger partial charge in [0.25, 0.3) is 0 Å². The van der Waals surface area contributed by atoms with E-state index in [1.165, 1.54) is 6.07 Å². The molecule has 3 rings (SSSR count). The Morgan fingerprint density at radius 2 is 1.91 bits per heavy atom. The first-order valence-corrected chi connectivity index (χ1v) is 8.09. The lowest BCUT2D eigenvalue weighted by Crippen LogP contribution is -2.64. The third-order valence-corrected chi connectivity index (χ3v) is 4.69. The standard InChI is InChI=1S/C17H24FN3O2/c1-19(2)16(14-5-3-4-6-15(14)18)17(22)21-11-13(12-21)20-7-9-23-10-8-20/h3-6,13,16H,7-12H2,1-2H3/t16-/m0/s1. The lowest BCUT2D eigenvalue weighted by molar-refractivity contribution is -0.145. The van der Waals surface area contributed by atoms with Crippen LogP contribution in [0.25, 0.3) is 0 Å². The molecule has 0 bridgehead atoms. The first-order chi connectivity index (χ1) is 11.1. The van der Waals surface area contributed by atoms with Crippen molar-refractivity contribution in [2.75, 3.05) is 53.5 Å². The summed E-state index contributed by atoms with van der Waals surface area (Å²) in [5, 5.41) is 0. The van der Waals surface area contributed by atoms with Crippen LogP contribution in [0.4, 0.5) is 4.39 Å². The fraction of sp³-hybridized carbons (Fsp3) is 0.588. The number of carbonyl (C=O) groups excluding carboxylic acids is 1. The third-order valence-electron chi connectivity index (χ3n) is 4.69. The van der Waals surface area contributed by atoms with E-state index in [9.17, 15) is 9.18 Å². The molecule has 2 heterocycles. The van der Waals surface area contributed by atoms with E-state index in [0.29, 0.717) is 11.6 Å². The van der Waals surface area contributed by atoms with E-state index in [4.69, 9.17) is 4.74 Å². The van der Waals surface area contributed by atoms with E-state index in [1.54, 1.807) is 23.1 Å². The molecule has 2 aliphatic heterocycles. The number of likely N-dealkylation sites (N-methyl/N-ethyl adjacent to an activating group) is 1. The summed E-state index contributed by atoms with van der Waals surface area (Å²) < 4.78 is 19.5. The van der Waals surface area contributed by atoms with E-state index in [0.717, 1.165) is 39.4 Å². The largest absolute Gasteiger partial charge is 0.379 e. The van der Waals surface area contributed by atoms with Crippen molar-refractivity contribution in [2.24, 2.45) is 0 Å².